The van der Waals surface area contributed by atoms with E-state index < -0.39 is 6.03 Å². The molecule has 0 spiro atoms. The fraction of sp³-hybridized carbons (Fsp3) is 0.167. The number of amides is 2. The second kappa shape index (κ2) is 5.55. The van der Waals surface area contributed by atoms with Gasteiger partial charge in [-0.3, -0.25) is 0 Å². The van der Waals surface area contributed by atoms with Crippen molar-refractivity contribution in [3.05, 3.63) is 17.5 Å². The molecule has 0 saturated carbocycles. The number of nitrogens with two attached hydrogens (primary N) is 2. The normalized spacial score (nSPS) is 7.73. The molecule has 0 atom stereocenters. The Morgan fingerprint density at radius 1 is 1.64 bits per heavy atom. The lowest BCUT2D eigenvalue weighted by atomic mass is 10.7. The lowest BCUT2D eigenvalue weighted by Gasteiger charge is -1.86. The zero-order valence-electron chi connectivity index (χ0n) is 6.11. The van der Waals surface area contributed by atoms with Crippen LogP contribution < -0.4 is 16.2 Å². The summed E-state index contributed by atoms with van der Waals surface area (Å²) in [6.07, 6.45) is 0. The minimum Gasteiger partial charge on any atom is -0.487 e. The minimum absolute atomic E-state index is 0.833. The largest absolute Gasteiger partial charge is 0.487 e. The quantitative estimate of drug-likeness (QED) is 0.659. The average molecular weight is 174 g/mol. The lowest BCUT2D eigenvalue weighted by molar-refractivity contribution is 0.256. The molecule has 0 saturated heterocycles. The third kappa shape index (κ3) is 6.66. The highest BCUT2D eigenvalue weighted by atomic mass is 32.1. The van der Waals surface area contributed by atoms with E-state index in [9.17, 15) is 0 Å². The van der Waals surface area contributed by atoms with E-state index in [1.54, 1.807) is 18.4 Å². The summed E-state index contributed by atoms with van der Waals surface area (Å²) in [6, 6.07) is 3.06. The predicted molar refractivity (Wildman–Crippen MR) is 44.6 cm³/mol. The second-order valence-corrected chi connectivity index (χ2v) is 2.45. The number of carbonyl (C=O) groups is 1. The number of primary amides is 2. The highest BCUT2D eigenvalue weighted by Gasteiger charge is 1.83. The molecule has 62 valence electrons. The summed E-state index contributed by atoms with van der Waals surface area (Å²) in [5.74, 6) is 0. The van der Waals surface area contributed by atoms with Crippen LogP contribution in [0, 0.1) is 0 Å². The van der Waals surface area contributed by atoms with Gasteiger partial charge in [-0.15, -0.1) is 11.3 Å². The van der Waals surface area contributed by atoms with Crippen molar-refractivity contribution in [1.82, 2.24) is 0 Å². The summed E-state index contributed by atoms with van der Waals surface area (Å²) in [4.78, 5) is 9.00. The van der Waals surface area contributed by atoms with E-state index >= 15 is 0 Å². The first-order valence-corrected chi connectivity index (χ1v) is 3.67. The molecule has 1 aromatic heterocycles. The Hall–Kier alpha value is -1.23. The van der Waals surface area contributed by atoms with E-state index in [0.717, 1.165) is 5.06 Å². The number of carbonyl (C=O) groups excluding carboxylic acids is 1. The zero-order chi connectivity index (χ0) is 8.69. The summed E-state index contributed by atoms with van der Waals surface area (Å²) < 4.78 is 4.87. The zero-order valence-corrected chi connectivity index (χ0v) is 6.93. The molecule has 0 unspecified atom stereocenters. The van der Waals surface area contributed by atoms with Crippen LogP contribution in [0.2, 0.25) is 0 Å². The van der Waals surface area contributed by atoms with Crippen molar-refractivity contribution in [2.24, 2.45) is 11.5 Å². The molecule has 0 bridgehead atoms. The molecule has 2 amide bonds. The number of rotatable bonds is 1. The van der Waals surface area contributed by atoms with E-state index in [1.807, 2.05) is 17.5 Å². The molecule has 0 fully saturated rings. The number of thiophene rings is 1. The number of methoxy groups -OCH3 is 1. The molecular weight excluding hydrogens is 164 g/mol. The van der Waals surface area contributed by atoms with Gasteiger partial charge >= 0.3 is 6.03 Å². The lowest BCUT2D eigenvalue weighted by Crippen LogP contribution is -2.18. The number of ether oxygens (including phenoxy) is 1. The summed E-state index contributed by atoms with van der Waals surface area (Å²) >= 11 is 1.60. The first-order valence-electron chi connectivity index (χ1n) is 2.79. The molecule has 4 nitrogen and oxygen atoms in total. The summed E-state index contributed by atoms with van der Waals surface area (Å²) in [6.45, 7) is 0. The van der Waals surface area contributed by atoms with Crippen molar-refractivity contribution in [2.45, 2.75) is 0 Å². The van der Waals surface area contributed by atoms with E-state index in [2.05, 4.69) is 11.5 Å². The first-order chi connectivity index (χ1) is 5.16. The van der Waals surface area contributed by atoms with Crippen LogP contribution in [0.15, 0.2) is 17.5 Å². The second-order valence-electron chi connectivity index (χ2n) is 1.54. The average Bonchev–Trinajstić information content (AvgIpc) is 2.36. The van der Waals surface area contributed by atoms with E-state index in [4.69, 9.17) is 9.53 Å². The third-order valence-corrected chi connectivity index (χ3v) is 1.52. The Balaban J connectivity index is 0.000000218. The van der Waals surface area contributed by atoms with Crippen molar-refractivity contribution in [3.63, 3.8) is 0 Å². The van der Waals surface area contributed by atoms with Crippen molar-refractivity contribution in [3.8, 4) is 5.06 Å². The van der Waals surface area contributed by atoms with Gasteiger partial charge in [0.1, 0.15) is 0 Å². The van der Waals surface area contributed by atoms with Gasteiger partial charge in [0.05, 0.1) is 7.11 Å². The van der Waals surface area contributed by atoms with Gasteiger partial charge in [-0.1, -0.05) is 0 Å². The molecule has 1 rings (SSSR count). The Morgan fingerprint density at radius 3 is 2.36 bits per heavy atom. The molecule has 0 aliphatic rings. The van der Waals surface area contributed by atoms with Crippen molar-refractivity contribution in [1.29, 1.82) is 0 Å². The number of hydrogen-bond donors (Lipinski definition) is 2. The summed E-state index contributed by atoms with van der Waals surface area (Å²) in [7, 11) is 1.67. The van der Waals surface area contributed by atoms with Crippen LogP contribution in [0.3, 0.4) is 0 Å². The Bertz CT molecular complexity index is 194. The number of urea groups is 1. The van der Waals surface area contributed by atoms with Gasteiger partial charge in [-0.25, -0.2) is 4.79 Å². The molecule has 4 N–H and O–H groups in total. The van der Waals surface area contributed by atoms with Crippen LogP contribution in [-0.4, -0.2) is 13.1 Å². The van der Waals surface area contributed by atoms with Crippen molar-refractivity contribution in [2.75, 3.05) is 7.11 Å². The molecule has 1 aromatic rings. The van der Waals surface area contributed by atoms with Crippen molar-refractivity contribution >= 4 is 17.4 Å². The Morgan fingerprint density at radius 2 is 2.18 bits per heavy atom. The fourth-order valence-corrected chi connectivity index (χ4v) is 0.924. The molecule has 1 heterocycles. The molecule has 11 heavy (non-hydrogen) atoms. The fourth-order valence-electron chi connectivity index (χ4n) is 0.380. The highest BCUT2D eigenvalue weighted by molar-refractivity contribution is 7.11. The van der Waals surface area contributed by atoms with Gasteiger partial charge in [0.2, 0.25) is 0 Å². The SMILES string of the molecule is COc1cccs1.NC(N)=O. The van der Waals surface area contributed by atoms with E-state index in [-0.39, 0.29) is 0 Å². The summed E-state index contributed by atoms with van der Waals surface area (Å²) in [5, 5.41) is 2.96. The van der Waals surface area contributed by atoms with Gasteiger partial charge in [0.25, 0.3) is 0 Å². The van der Waals surface area contributed by atoms with Gasteiger partial charge in [0.15, 0.2) is 5.06 Å². The first kappa shape index (κ1) is 9.77. The Kier molecular flexibility index (Phi) is 4.93. The van der Waals surface area contributed by atoms with E-state index in [1.165, 1.54) is 0 Å². The van der Waals surface area contributed by atoms with Gasteiger partial charge < -0.3 is 16.2 Å². The Labute approximate surface area is 68.8 Å². The van der Waals surface area contributed by atoms with Gasteiger partial charge in [-0.05, 0) is 17.5 Å². The van der Waals surface area contributed by atoms with Crippen LogP contribution in [-0.2, 0) is 0 Å². The molecule has 0 aliphatic heterocycles. The smallest absolute Gasteiger partial charge is 0.309 e. The van der Waals surface area contributed by atoms with E-state index in [0.29, 0.717) is 0 Å². The maximum absolute atomic E-state index is 9.00. The van der Waals surface area contributed by atoms with Crippen LogP contribution in [0.25, 0.3) is 0 Å². The topological polar surface area (TPSA) is 78.3 Å². The van der Waals surface area contributed by atoms with Crippen LogP contribution >= 0.6 is 11.3 Å². The monoisotopic (exact) mass is 174 g/mol. The molecular formula is C6H10N2O2S. The minimum atomic E-state index is -0.833. The van der Waals surface area contributed by atoms with Crippen LogP contribution in [0.1, 0.15) is 0 Å². The standard InChI is InChI=1S/C5H6OS.CH4N2O/c1-6-5-3-2-4-7-5;2-1(3)4/h2-4H,1H3;(H4,2,3,4). The summed E-state index contributed by atoms with van der Waals surface area (Å²) in [5.41, 5.74) is 8.50. The maximum Gasteiger partial charge on any atom is 0.309 e. The molecule has 0 aliphatic carbocycles. The molecule has 0 radical (unpaired) electrons. The van der Waals surface area contributed by atoms with Crippen LogP contribution in [0.4, 0.5) is 4.79 Å². The van der Waals surface area contributed by atoms with Gasteiger partial charge in [-0.2, -0.15) is 0 Å². The molecule has 5 heteroatoms. The van der Waals surface area contributed by atoms with Gasteiger partial charge in [0, 0.05) is 0 Å². The number of hydrogen-bond acceptors (Lipinski definition) is 3. The predicted octanol–water partition coefficient (Wildman–Crippen LogP) is 0.781. The third-order valence-electron chi connectivity index (χ3n) is 0.696. The highest BCUT2D eigenvalue weighted by Crippen LogP contribution is 2.16. The maximum atomic E-state index is 9.00. The van der Waals surface area contributed by atoms with Crippen LogP contribution in [0.5, 0.6) is 5.06 Å². The van der Waals surface area contributed by atoms with Crippen molar-refractivity contribution < 1.29 is 9.53 Å². The molecule has 0 aromatic carbocycles.